The first kappa shape index (κ1) is 32.1. The van der Waals surface area contributed by atoms with Crippen molar-refractivity contribution in [3.05, 3.63) is 80.7 Å². The third-order valence-corrected chi connectivity index (χ3v) is 7.45. The molecule has 0 bridgehead atoms. The van der Waals surface area contributed by atoms with Gasteiger partial charge >= 0.3 is 11.9 Å². The number of carbonyl (C=O) groups is 2. The van der Waals surface area contributed by atoms with E-state index in [-0.39, 0.29) is 33.5 Å². The number of hydrogen-bond donors (Lipinski definition) is 2. The van der Waals surface area contributed by atoms with Crippen molar-refractivity contribution in [2.75, 3.05) is 6.54 Å². The molecule has 0 spiro atoms. The molecule has 3 N–H and O–H groups in total. The van der Waals surface area contributed by atoms with E-state index in [9.17, 15) is 41.4 Å². The lowest BCUT2D eigenvalue weighted by Crippen LogP contribution is -2.44. The molecule has 2 aromatic heterocycles. The fourth-order valence-corrected chi connectivity index (χ4v) is 5.16. The summed E-state index contributed by atoms with van der Waals surface area (Å²) in [5.74, 6) is -5.76. The smallest absolute Gasteiger partial charge is 0.382 e. The molecule has 45 heavy (non-hydrogen) atoms. The normalized spacial score (nSPS) is 17.1. The molecule has 1 fully saturated rings. The fourth-order valence-electron chi connectivity index (χ4n) is 4.77. The van der Waals surface area contributed by atoms with E-state index in [2.05, 4.69) is 15.2 Å². The molecule has 2 amide bonds. The zero-order valence-corrected chi connectivity index (χ0v) is 24.1. The van der Waals surface area contributed by atoms with Gasteiger partial charge < -0.3 is 15.7 Å². The van der Waals surface area contributed by atoms with E-state index in [4.69, 9.17) is 28.9 Å². The van der Waals surface area contributed by atoms with Crippen molar-refractivity contribution < 1.29 is 36.6 Å². The largest absolute Gasteiger partial charge is 0.416 e. The summed E-state index contributed by atoms with van der Waals surface area (Å²) in [5.41, 5.74) is 4.16. The Hall–Kier alpha value is -4.35. The lowest BCUT2D eigenvalue weighted by Gasteiger charge is -2.23. The summed E-state index contributed by atoms with van der Waals surface area (Å²) in [6.07, 6.45) is -7.74. The van der Waals surface area contributed by atoms with Crippen LogP contribution in [0.3, 0.4) is 0 Å². The lowest BCUT2D eigenvalue weighted by molar-refractivity contribution is -0.207. The van der Waals surface area contributed by atoms with Gasteiger partial charge in [0.1, 0.15) is 18.9 Å². The second kappa shape index (κ2) is 11.9. The van der Waals surface area contributed by atoms with Gasteiger partial charge in [0, 0.05) is 17.0 Å². The first-order valence-corrected chi connectivity index (χ1v) is 13.7. The number of nitrogens with zero attached hydrogens (tertiary/aromatic N) is 7. The van der Waals surface area contributed by atoms with Crippen LogP contribution in [0.15, 0.2) is 53.6 Å². The van der Waals surface area contributed by atoms with Crippen LogP contribution in [0.4, 0.5) is 22.0 Å². The Bertz CT molecular complexity index is 1820. The predicted octanol–water partition coefficient (Wildman–Crippen LogP) is 2.91. The summed E-state index contributed by atoms with van der Waals surface area (Å²) >= 11 is 12.3. The number of carbonyl (C=O) groups excluding carboxylic acids is 2. The van der Waals surface area contributed by atoms with E-state index in [0.717, 1.165) is 15.7 Å². The molecule has 5 rings (SSSR count). The van der Waals surface area contributed by atoms with Gasteiger partial charge in [-0.25, -0.2) is 27.9 Å². The number of benzene rings is 2. The quantitative estimate of drug-likeness (QED) is 0.273. The topological polar surface area (TPSA) is 154 Å². The highest BCUT2D eigenvalue weighted by molar-refractivity contribution is 6.33. The lowest BCUT2D eigenvalue weighted by atomic mass is 10.1. The SMILES string of the molecule is NC(=O)[C@H]1CC(F)(F)CN1C(=O)c1cccc(Cl)c1-n1cnc(Cn2nc(-c3ccc(Cl)cc3)n(C[C@H](O)C(F)(F)F)c2=O)n1. The highest BCUT2D eigenvalue weighted by Gasteiger charge is 2.50. The molecule has 0 aliphatic carbocycles. The number of halogens is 7. The third kappa shape index (κ3) is 6.55. The molecule has 19 heteroatoms. The monoisotopic (exact) mass is 674 g/mol. The highest BCUT2D eigenvalue weighted by Crippen LogP contribution is 2.35. The molecule has 2 aromatic carbocycles. The number of primary amides is 1. The Balaban J connectivity index is 1.49. The molecule has 238 valence electrons. The number of amides is 2. The Morgan fingerprint density at radius 1 is 1.11 bits per heavy atom. The summed E-state index contributed by atoms with van der Waals surface area (Å²) in [4.78, 5) is 43.1. The molecular weight excluding hydrogens is 654 g/mol. The van der Waals surface area contributed by atoms with Crippen molar-refractivity contribution in [2.45, 2.75) is 43.8 Å². The summed E-state index contributed by atoms with van der Waals surface area (Å²) in [7, 11) is 0. The van der Waals surface area contributed by atoms with Crippen LogP contribution < -0.4 is 11.4 Å². The van der Waals surface area contributed by atoms with E-state index in [0.29, 0.717) is 14.5 Å². The average Bonchev–Trinajstić information content (AvgIpc) is 3.64. The fraction of sp³-hybridized carbons (Fsp3) is 0.308. The van der Waals surface area contributed by atoms with Gasteiger partial charge in [-0.2, -0.15) is 13.2 Å². The number of aliphatic hydroxyl groups is 1. The van der Waals surface area contributed by atoms with Gasteiger partial charge in [0.15, 0.2) is 17.8 Å². The van der Waals surface area contributed by atoms with Gasteiger partial charge in [-0.15, -0.1) is 10.2 Å². The second-order valence-electron chi connectivity index (χ2n) is 10.1. The predicted molar refractivity (Wildman–Crippen MR) is 148 cm³/mol. The first-order chi connectivity index (χ1) is 21.1. The van der Waals surface area contributed by atoms with Crippen molar-refractivity contribution in [3.63, 3.8) is 0 Å². The molecule has 12 nitrogen and oxygen atoms in total. The van der Waals surface area contributed by atoms with Crippen molar-refractivity contribution in [1.29, 1.82) is 0 Å². The van der Waals surface area contributed by atoms with Crippen molar-refractivity contribution in [2.24, 2.45) is 5.73 Å². The van der Waals surface area contributed by atoms with Crippen LogP contribution in [0.25, 0.3) is 17.1 Å². The number of likely N-dealkylation sites (tertiary alicyclic amines) is 1. The molecular formula is C26H21Cl2F5N8O4. The van der Waals surface area contributed by atoms with E-state index >= 15 is 0 Å². The van der Waals surface area contributed by atoms with Crippen LogP contribution in [0.1, 0.15) is 22.6 Å². The van der Waals surface area contributed by atoms with Gasteiger partial charge in [0.25, 0.3) is 11.8 Å². The summed E-state index contributed by atoms with van der Waals surface area (Å²) in [5, 5.41) is 18.3. The van der Waals surface area contributed by atoms with E-state index in [1.165, 1.54) is 42.5 Å². The Morgan fingerprint density at radius 3 is 2.44 bits per heavy atom. The maximum atomic E-state index is 14.1. The van der Waals surface area contributed by atoms with Gasteiger partial charge in [0.05, 0.1) is 29.4 Å². The number of alkyl halides is 5. The van der Waals surface area contributed by atoms with E-state index in [1.54, 1.807) is 0 Å². The van der Waals surface area contributed by atoms with Gasteiger partial charge in [0.2, 0.25) is 5.91 Å². The summed E-state index contributed by atoms with van der Waals surface area (Å²) < 4.78 is 70.2. The van der Waals surface area contributed by atoms with Crippen LogP contribution in [0.2, 0.25) is 10.0 Å². The average molecular weight is 675 g/mol. The number of aromatic nitrogens is 6. The first-order valence-electron chi connectivity index (χ1n) is 12.9. The van der Waals surface area contributed by atoms with Crippen LogP contribution in [-0.2, 0) is 17.9 Å². The maximum Gasteiger partial charge on any atom is 0.416 e. The van der Waals surface area contributed by atoms with Crippen LogP contribution >= 0.6 is 23.2 Å². The van der Waals surface area contributed by atoms with Crippen molar-refractivity contribution >= 4 is 35.0 Å². The molecule has 0 radical (unpaired) electrons. The molecule has 2 atom stereocenters. The molecule has 1 saturated heterocycles. The number of hydrogen-bond acceptors (Lipinski definition) is 7. The summed E-state index contributed by atoms with van der Waals surface area (Å²) in [6, 6.07) is 8.19. The zero-order chi connectivity index (χ0) is 32.8. The molecule has 1 aliphatic heterocycles. The third-order valence-electron chi connectivity index (χ3n) is 6.89. The Morgan fingerprint density at radius 2 is 1.80 bits per heavy atom. The summed E-state index contributed by atoms with van der Waals surface area (Å²) in [6.45, 7) is -2.69. The van der Waals surface area contributed by atoms with Gasteiger partial charge in [-0.3, -0.25) is 14.2 Å². The van der Waals surface area contributed by atoms with Crippen molar-refractivity contribution in [1.82, 2.24) is 34.0 Å². The highest BCUT2D eigenvalue weighted by atomic mass is 35.5. The Kier molecular flexibility index (Phi) is 8.45. The van der Waals surface area contributed by atoms with E-state index in [1.807, 2.05) is 0 Å². The molecule has 1 aliphatic rings. The number of rotatable bonds is 8. The van der Waals surface area contributed by atoms with Crippen LogP contribution in [0, 0.1) is 0 Å². The number of aliphatic hydroxyl groups excluding tert-OH is 1. The van der Waals surface area contributed by atoms with Crippen molar-refractivity contribution in [3.8, 4) is 17.1 Å². The molecule has 0 saturated carbocycles. The standard InChI is InChI=1S/C26H21Cl2F5N8O4/c27-14-6-4-13(5-7-14)22-37-40(24(45)38(22)9-18(42)26(31,32)33)10-19-35-12-41(36-19)20-15(2-1-3-16(20)28)23(44)39-11-25(29,30)8-17(39)21(34)43/h1-7,12,17-18,42H,8-11H2,(H2,34,43)/t17-,18+/m1/s1. The number of nitrogens with two attached hydrogens (primary N) is 1. The van der Waals surface area contributed by atoms with Gasteiger partial charge in [-0.05, 0) is 36.4 Å². The van der Waals surface area contributed by atoms with Crippen LogP contribution in [-0.4, -0.2) is 81.7 Å². The number of para-hydroxylation sites is 1. The zero-order valence-electron chi connectivity index (χ0n) is 22.6. The van der Waals surface area contributed by atoms with Gasteiger partial charge in [-0.1, -0.05) is 29.3 Å². The molecule has 4 aromatic rings. The second-order valence-corrected chi connectivity index (χ2v) is 10.9. The minimum atomic E-state index is -5.02. The Labute approximate surface area is 259 Å². The maximum absolute atomic E-state index is 14.1. The minimum absolute atomic E-state index is 0.0495. The van der Waals surface area contributed by atoms with Crippen LogP contribution in [0.5, 0.6) is 0 Å². The molecule has 0 unspecified atom stereocenters. The minimum Gasteiger partial charge on any atom is -0.382 e. The van der Waals surface area contributed by atoms with E-state index < -0.39 is 67.8 Å². The molecule has 3 heterocycles.